The van der Waals surface area contributed by atoms with E-state index in [0.29, 0.717) is 0 Å². The van der Waals surface area contributed by atoms with E-state index in [2.05, 4.69) is 5.32 Å². The summed E-state index contributed by atoms with van der Waals surface area (Å²) in [5, 5.41) is 1.63. The van der Waals surface area contributed by atoms with Crippen molar-refractivity contribution in [2.75, 3.05) is 0 Å². The van der Waals surface area contributed by atoms with E-state index in [4.69, 9.17) is 2.74 Å². The molecule has 0 saturated carbocycles. The van der Waals surface area contributed by atoms with Crippen molar-refractivity contribution in [1.29, 1.82) is 0 Å². The molecule has 0 aromatic carbocycles. The quantitative estimate of drug-likeness (QED) is 0.627. The first-order chi connectivity index (χ1) is 5.53. The van der Waals surface area contributed by atoms with Crippen molar-refractivity contribution >= 4 is 22.9 Å². The SMILES string of the molecule is [2H]CC1(C([2H])C)SC(=O)NC1=O. The van der Waals surface area contributed by atoms with Crippen molar-refractivity contribution in [3.05, 3.63) is 0 Å². The van der Waals surface area contributed by atoms with Gasteiger partial charge in [0, 0.05) is 2.74 Å². The third kappa shape index (κ3) is 1.03. The van der Waals surface area contributed by atoms with E-state index in [0.717, 1.165) is 11.8 Å². The van der Waals surface area contributed by atoms with Gasteiger partial charge < -0.3 is 0 Å². The lowest BCUT2D eigenvalue weighted by Crippen LogP contribution is -2.32. The molecule has 0 bridgehead atoms. The number of hydrogen-bond acceptors (Lipinski definition) is 3. The molecule has 0 aromatic rings. The standard InChI is InChI=1S/C6H9NO2S/c1-3-6(2)4(8)7-5(9)10-6/h3H2,1-2H3,(H,7,8,9)/i2D,3D. The molecule has 3 nitrogen and oxygen atoms in total. The Morgan fingerprint density at radius 1 is 1.90 bits per heavy atom. The molecule has 10 heavy (non-hydrogen) atoms. The topological polar surface area (TPSA) is 46.2 Å². The highest BCUT2D eigenvalue weighted by atomic mass is 32.2. The van der Waals surface area contributed by atoms with Crippen LogP contribution in [0, 0.1) is 0 Å². The molecule has 0 aromatic heterocycles. The molecule has 0 spiro atoms. The number of carbonyl (C=O) groups excluding carboxylic acids is 2. The van der Waals surface area contributed by atoms with Crippen molar-refractivity contribution < 1.29 is 12.3 Å². The molecule has 1 rings (SSSR count). The van der Waals surface area contributed by atoms with E-state index in [-0.39, 0.29) is 6.90 Å². The summed E-state index contributed by atoms with van der Waals surface area (Å²) in [5.74, 6) is -0.505. The van der Waals surface area contributed by atoms with Gasteiger partial charge in [-0.3, -0.25) is 14.9 Å². The fraction of sp³-hybridized carbons (Fsp3) is 0.667. The normalized spacial score (nSPS) is 38.5. The maximum atomic E-state index is 11.2. The lowest BCUT2D eigenvalue weighted by atomic mass is 10.1. The van der Waals surface area contributed by atoms with Crippen molar-refractivity contribution in [3.63, 3.8) is 0 Å². The average molecular weight is 161 g/mol. The summed E-state index contributed by atoms with van der Waals surface area (Å²) in [6.07, 6.45) is -0.744. The number of amides is 2. The van der Waals surface area contributed by atoms with E-state index in [1.165, 1.54) is 6.92 Å². The molecule has 1 saturated heterocycles. The molecular weight excluding hydrogens is 150 g/mol. The highest BCUT2D eigenvalue weighted by Crippen LogP contribution is 2.33. The largest absolute Gasteiger partial charge is 0.286 e. The van der Waals surface area contributed by atoms with Crippen LogP contribution in [-0.2, 0) is 4.79 Å². The second kappa shape index (κ2) is 2.27. The van der Waals surface area contributed by atoms with Crippen molar-refractivity contribution in [2.45, 2.75) is 25.0 Å². The predicted molar refractivity (Wildman–Crippen MR) is 39.8 cm³/mol. The van der Waals surface area contributed by atoms with Gasteiger partial charge in [0.05, 0.1) is 0 Å². The lowest BCUT2D eigenvalue weighted by Gasteiger charge is -2.13. The number of carbonyl (C=O) groups is 2. The second-order valence-electron chi connectivity index (χ2n) is 2.02. The molecule has 0 aliphatic carbocycles. The molecule has 2 amide bonds. The maximum absolute atomic E-state index is 11.2. The Morgan fingerprint density at radius 2 is 2.60 bits per heavy atom. The number of hydrogen-bond donors (Lipinski definition) is 1. The van der Waals surface area contributed by atoms with Crippen LogP contribution >= 0.6 is 11.8 Å². The van der Waals surface area contributed by atoms with Crippen LogP contribution in [0.4, 0.5) is 4.79 Å². The van der Waals surface area contributed by atoms with Gasteiger partial charge in [0.25, 0.3) is 5.24 Å². The van der Waals surface area contributed by atoms with Crippen LogP contribution < -0.4 is 5.32 Å². The maximum Gasteiger partial charge on any atom is 0.286 e. The first-order valence-corrected chi connectivity index (χ1v) is 3.60. The molecule has 1 N–H and O–H groups in total. The molecule has 1 fully saturated rings. The van der Waals surface area contributed by atoms with Crippen LogP contribution in [0.2, 0.25) is 0 Å². The zero-order valence-electron chi connectivity index (χ0n) is 7.51. The van der Waals surface area contributed by atoms with Crippen LogP contribution in [0.15, 0.2) is 0 Å². The fourth-order valence-electron chi connectivity index (χ4n) is 0.626. The average Bonchev–Trinajstić information content (AvgIpc) is 2.26. The van der Waals surface area contributed by atoms with Gasteiger partial charge in [-0.1, -0.05) is 6.92 Å². The van der Waals surface area contributed by atoms with Gasteiger partial charge in [-0.05, 0) is 25.1 Å². The molecule has 2 unspecified atom stereocenters. The van der Waals surface area contributed by atoms with Crippen LogP contribution in [0.3, 0.4) is 0 Å². The lowest BCUT2D eigenvalue weighted by molar-refractivity contribution is -0.121. The van der Waals surface area contributed by atoms with Gasteiger partial charge in [0.2, 0.25) is 5.91 Å². The Kier molecular flexibility index (Phi) is 1.18. The minimum atomic E-state index is -1.18. The minimum absolute atomic E-state index is 0.236. The third-order valence-corrected chi connectivity index (χ3v) is 2.41. The number of imide groups is 1. The summed E-state index contributed by atoms with van der Waals surface area (Å²) >= 11 is 0.755. The molecule has 4 heteroatoms. The van der Waals surface area contributed by atoms with Crippen molar-refractivity contribution in [2.24, 2.45) is 0 Å². The highest BCUT2D eigenvalue weighted by molar-refractivity contribution is 8.16. The van der Waals surface area contributed by atoms with E-state index >= 15 is 0 Å². The summed E-state index contributed by atoms with van der Waals surface area (Å²) in [4.78, 5) is 22.0. The van der Waals surface area contributed by atoms with Gasteiger partial charge >= 0.3 is 0 Å². The zero-order chi connectivity index (χ0) is 9.35. The summed E-state index contributed by atoms with van der Waals surface area (Å²) < 4.78 is 13.4. The van der Waals surface area contributed by atoms with Crippen LogP contribution in [0.1, 0.15) is 23.0 Å². The Bertz CT molecular complexity index is 234. The zero-order valence-corrected chi connectivity index (χ0v) is 6.33. The summed E-state index contributed by atoms with van der Waals surface area (Å²) in [5.41, 5.74) is 0. The molecule has 1 aliphatic rings. The first-order valence-electron chi connectivity index (χ1n) is 4.07. The van der Waals surface area contributed by atoms with Crippen LogP contribution in [0.25, 0.3) is 0 Å². The molecule has 1 aliphatic heterocycles. The highest BCUT2D eigenvalue weighted by Gasteiger charge is 2.41. The molecule has 56 valence electrons. The van der Waals surface area contributed by atoms with E-state index in [1.54, 1.807) is 0 Å². The van der Waals surface area contributed by atoms with E-state index in [9.17, 15) is 9.59 Å². The number of nitrogens with one attached hydrogen (secondary N) is 1. The number of thioether (sulfide) groups is 1. The number of rotatable bonds is 1. The molecular formula is C6H9NO2S. The third-order valence-electron chi connectivity index (χ3n) is 1.34. The van der Waals surface area contributed by atoms with Gasteiger partial charge in [0.1, 0.15) is 4.75 Å². The minimum Gasteiger partial charge on any atom is -0.286 e. The Hall–Kier alpha value is -0.510. The second-order valence-corrected chi connectivity index (χ2v) is 3.33. The molecule has 0 radical (unpaired) electrons. The first kappa shape index (κ1) is 5.18. The smallest absolute Gasteiger partial charge is 0.286 e. The Labute approximate surface area is 66.4 Å². The van der Waals surface area contributed by atoms with Crippen molar-refractivity contribution in [3.8, 4) is 0 Å². The van der Waals surface area contributed by atoms with Crippen molar-refractivity contribution in [1.82, 2.24) is 5.32 Å². The summed E-state index contributed by atoms with van der Waals surface area (Å²) in [6, 6.07) is 0. The summed E-state index contributed by atoms with van der Waals surface area (Å²) in [7, 11) is 0. The molecule has 2 atom stereocenters. The Balaban J connectivity index is 2.94. The van der Waals surface area contributed by atoms with Crippen LogP contribution in [0.5, 0.6) is 0 Å². The fourth-order valence-corrected chi connectivity index (χ4v) is 1.36. The Morgan fingerprint density at radius 3 is 2.80 bits per heavy atom. The predicted octanol–water partition coefficient (Wildman–Crippen LogP) is 1.14. The van der Waals surface area contributed by atoms with E-state index in [1.807, 2.05) is 0 Å². The van der Waals surface area contributed by atoms with Gasteiger partial charge in [0.15, 0.2) is 0 Å². The molecule has 1 heterocycles. The monoisotopic (exact) mass is 161 g/mol. The van der Waals surface area contributed by atoms with Gasteiger partial charge in [-0.15, -0.1) is 0 Å². The van der Waals surface area contributed by atoms with E-state index < -0.39 is 22.3 Å². The van der Waals surface area contributed by atoms with Gasteiger partial charge in [-0.25, -0.2) is 0 Å². The van der Waals surface area contributed by atoms with Gasteiger partial charge in [-0.2, -0.15) is 0 Å². The van der Waals surface area contributed by atoms with Crippen LogP contribution in [-0.4, -0.2) is 15.9 Å². The summed E-state index contributed by atoms with van der Waals surface area (Å²) in [6.45, 7) is 1.28.